The van der Waals surface area contributed by atoms with E-state index in [0.717, 1.165) is 39.4 Å². The summed E-state index contributed by atoms with van der Waals surface area (Å²) in [7, 11) is 1.61. The van der Waals surface area contributed by atoms with Crippen LogP contribution in [0, 0.1) is 19.7 Å². The largest absolute Gasteiger partial charge is 0.497 e. The molecule has 38 heavy (non-hydrogen) atoms. The number of halogens is 1. The number of methoxy groups -OCH3 is 1. The van der Waals surface area contributed by atoms with E-state index in [1.165, 1.54) is 23.9 Å². The third kappa shape index (κ3) is 5.33. The van der Waals surface area contributed by atoms with Gasteiger partial charge in [-0.25, -0.2) is 9.40 Å². The minimum absolute atomic E-state index is 0.00596. The topological polar surface area (TPSA) is 83.4 Å². The number of ether oxygens (including phenoxy) is 1. The molecule has 0 radical (unpaired) electrons. The van der Waals surface area contributed by atoms with Crippen molar-refractivity contribution in [3.8, 4) is 5.75 Å². The molecule has 2 aliphatic heterocycles. The van der Waals surface area contributed by atoms with Crippen LogP contribution in [0.1, 0.15) is 41.1 Å². The first kappa shape index (κ1) is 25.7. The number of carbonyl (C=O) groups is 2. The van der Waals surface area contributed by atoms with Gasteiger partial charge in [0.15, 0.2) is 5.17 Å². The molecule has 0 saturated carbocycles. The SMILES string of the molecule is COc1ccc(C2=NN(C3=NC(=O)[C@H](CC(=O)Nc4cccc(C)c4C)S3)[C@H](c3ccc(F)cc3)C2)cc1. The number of thioether (sulfide) groups is 1. The second kappa shape index (κ2) is 10.8. The van der Waals surface area contributed by atoms with E-state index in [9.17, 15) is 14.0 Å². The molecule has 2 heterocycles. The molecule has 3 aromatic rings. The molecular formula is C29H27FN4O3S. The molecule has 3 aromatic carbocycles. The fourth-order valence-corrected chi connectivity index (χ4v) is 5.51. The Hall–Kier alpha value is -3.98. The van der Waals surface area contributed by atoms with Gasteiger partial charge in [-0.2, -0.15) is 10.1 Å². The number of aryl methyl sites for hydroxylation is 1. The van der Waals surface area contributed by atoms with E-state index in [-0.39, 0.29) is 30.1 Å². The van der Waals surface area contributed by atoms with Gasteiger partial charge in [0, 0.05) is 18.5 Å². The zero-order valence-corrected chi connectivity index (χ0v) is 22.1. The quantitative estimate of drug-likeness (QED) is 0.447. The number of hydrazone groups is 1. The number of hydrogen-bond acceptors (Lipinski definition) is 6. The Morgan fingerprint density at radius 1 is 1.11 bits per heavy atom. The minimum Gasteiger partial charge on any atom is -0.497 e. The number of nitrogens with one attached hydrogen (secondary N) is 1. The summed E-state index contributed by atoms with van der Waals surface area (Å²) < 4.78 is 18.9. The van der Waals surface area contributed by atoms with E-state index in [4.69, 9.17) is 9.84 Å². The number of nitrogens with zero attached hydrogens (tertiary/aromatic N) is 3. The molecular weight excluding hydrogens is 503 g/mol. The second-order valence-corrected chi connectivity index (χ2v) is 10.4. The molecule has 194 valence electrons. The highest BCUT2D eigenvalue weighted by Crippen LogP contribution is 2.39. The van der Waals surface area contributed by atoms with E-state index < -0.39 is 5.25 Å². The van der Waals surface area contributed by atoms with Gasteiger partial charge in [0.05, 0.1) is 18.9 Å². The van der Waals surface area contributed by atoms with Crippen molar-refractivity contribution in [1.82, 2.24) is 5.01 Å². The first-order valence-corrected chi connectivity index (χ1v) is 13.1. The Balaban J connectivity index is 1.35. The van der Waals surface area contributed by atoms with E-state index in [1.54, 1.807) is 24.3 Å². The summed E-state index contributed by atoms with van der Waals surface area (Å²) in [6.07, 6.45) is 0.539. The van der Waals surface area contributed by atoms with E-state index in [2.05, 4.69) is 10.3 Å². The number of anilines is 1. The molecule has 5 rings (SSSR count). The van der Waals surface area contributed by atoms with Crippen molar-refractivity contribution in [2.45, 2.75) is 38.0 Å². The predicted octanol–water partition coefficient (Wildman–Crippen LogP) is 5.63. The summed E-state index contributed by atoms with van der Waals surface area (Å²) in [5.74, 6) is -0.207. The zero-order valence-electron chi connectivity index (χ0n) is 21.3. The van der Waals surface area contributed by atoms with Gasteiger partial charge in [-0.05, 0) is 78.6 Å². The minimum atomic E-state index is -0.649. The molecule has 0 saturated heterocycles. The molecule has 2 atom stereocenters. The third-order valence-corrected chi connectivity index (χ3v) is 7.90. The van der Waals surface area contributed by atoms with Gasteiger partial charge in [0.2, 0.25) is 5.91 Å². The van der Waals surface area contributed by atoms with Crippen LogP contribution < -0.4 is 10.1 Å². The van der Waals surface area contributed by atoms with Crippen LogP contribution in [0.3, 0.4) is 0 Å². The van der Waals surface area contributed by atoms with Crippen LogP contribution in [0.25, 0.3) is 0 Å². The van der Waals surface area contributed by atoms with Gasteiger partial charge in [-0.3, -0.25) is 9.59 Å². The van der Waals surface area contributed by atoms with Crippen LogP contribution in [0.5, 0.6) is 5.75 Å². The number of amides is 2. The average molecular weight is 531 g/mol. The second-order valence-electron chi connectivity index (χ2n) is 9.23. The Morgan fingerprint density at radius 2 is 1.84 bits per heavy atom. The van der Waals surface area contributed by atoms with Crippen molar-refractivity contribution in [3.05, 3.63) is 94.8 Å². The Bertz CT molecular complexity index is 1440. The highest BCUT2D eigenvalue weighted by molar-refractivity contribution is 8.15. The number of aliphatic imine (C=N–C) groups is 1. The lowest BCUT2D eigenvalue weighted by Crippen LogP contribution is -2.25. The van der Waals surface area contributed by atoms with E-state index >= 15 is 0 Å². The lowest BCUT2D eigenvalue weighted by molar-refractivity contribution is -0.121. The summed E-state index contributed by atoms with van der Waals surface area (Å²) in [5, 5.41) is 9.24. The summed E-state index contributed by atoms with van der Waals surface area (Å²) in [5.41, 5.74) is 5.38. The van der Waals surface area contributed by atoms with Crippen LogP contribution in [-0.4, -0.2) is 40.1 Å². The molecule has 0 bridgehead atoms. The first-order chi connectivity index (χ1) is 18.3. The molecule has 0 aromatic heterocycles. The summed E-state index contributed by atoms with van der Waals surface area (Å²) in [6, 6.07) is 19.3. The van der Waals surface area contributed by atoms with Crippen LogP contribution in [-0.2, 0) is 9.59 Å². The molecule has 9 heteroatoms. The Kier molecular flexibility index (Phi) is 7.28. The van der Waals surface area contributed by atoms with E-state index in [0.29, 0.717) is 11.6 Å². The molecule has 0 aliphatic carbocycles. The number of amidine groups is 1. The number of benzene rings is 3. The summed E-state index contributed by atoms with van der Waals surface area (Å²) in [4.78, 5) is 29.9. The highest BCUT2D eigenvalue weighted by atomic mass is 32.2. The number of rotatable bonds is 6. The van der Waals surface area contributed by atoms with Crippen molar-refractivity contribution in [3.63, 3.8) is 0 Å². The maximum atomic E-state index is 13.6. The lowest BCUT2D eigenvalue weighted by atomic mass is 9.98. The normalized spacial score (nSPS) is 18.8. The van der Waals surface area contributed by atoms with Gasteiger partial charge in [-0.15, -0.1) is 0 Å². The molecule has 0 unspecified atom stereocenters. The van der Waals surface area contributed by atoms with Crippen molar-refractivity contribution in [2.75, 3.05) is 12.4 Å². The average Bonchev–Trinajstić information content (AvgIpc) is 3.51. The van der Waals surface area contributed by atoms with Gasteiger partial charge < -0.3 is 10.1 Å². The summed E-state index contributed by atoms with van der Waals surface area (Å²) >= 11 is 1.23. The van der Waals surface area contributed by atoms with E-state index in [1.807, 2.05) is 56.3 Å². The van der Waals surface area contributed by atoms with Crippen LogP contribution in [0.4, 0.5) is 10.1 Å². The standard InChI is InChI=1S/C29H27FN4O3S/c1-17-5-4-6-23(18(17)2)31-27(35)16-26-28(36)32-29(38-26)34-25(20-7-11-21(30)12-8-20)15-24(33-34)19-9-13-22(37-3)14-10-19/h4-14,25-26H,15-16H2,1-3H3,(H,31,35)/t25-,26-/m0/s1. The Morgan fingerprint density at radius 3 is 2.55 bits per heavy atom. The summed E-state index contributed by atoms with van der Waals surface area (Å²) in [6.45, 7) is 3.93. The molecule has 1 N–H and O–H groups in total. The van der Waals surface area contributed by atoms with Gasteiger partial charge in [0.25, 0.3) is 5.91 Å². The van der Waals surface area contributed by atoms with Gasteiger partial charge in [-0.1, -0.05) is 36.0 Å². The predicted molar refractivity (Wildman–Crippen MR) is 148 cm³/mol. The van der Waals surface area contributed by atoms with Crippen LogP contribution in [0.15, 0.2) is 76.8 Å². The van der Waals surface area contributed by atoms with Gasteiger partial charge >= 0.3 is 0 Å². The lowest BCUT2D eigenvalue weighted by Gasteiger charge is -2.23. The van der Waals surface area contributed by atoms with Crippen LogP contribution >= 0.6 is 11.8 Å². The van der Waals surface area contributed by atoms with Crippen molar-refractivity contribution < 1.29 is 18.7 Å². The maximum Gasteiger partial charge on any atom is 0.262 e. The Labute approximate surface area is 224 Å². The fourth-order valence-electron chi connectivity index (χ4n) is 4.45. The van der Waals surface area contributed by atoms with Crippen molar-refractivity contribution in [2.24, 2.45) is 10.1 Å². The number of carbonyl (C=O) groups excluding carboxylic acids is 2. The molecule has 2 aliphatic rings. The molecule has 0 spiro atoms. The molecule has 2 amide bonds. The van der Waals surface area contributed by atoms with Crippen LogP contribution in [0.2, 0.25) is 0 Å². The smallest absolute Gasteiger partial charge is 0.262 e. The monoisotopic (exact) mass is 530 g/mol. The molecule has 7 nitrogen and oxygen atoms in total. The molecule has 0 fully saturated rings. The zero-order chi connectivity index (χ0) is 26.8. The number of hydrogen-bond donors (Lipinski definition) is 1. The fraction of sp³-hybridized carbons (Fsp3) is 0.241. The maximum absolute atomic E-state index is 13.6. The highest BCUT2D eigenvalue weighted by Gasteiger charge is 2.39. The first-order valence-electron chi connectivity index (χ1n) is 12.2. The third-order valence-electron chi connectivity index (χ3n) is 6.76. The van der Waals surface area contributed by atoms with Gasteiger partial charge in [0.1, 0.15) is 16.8 Å². The van der Waals surface area contributed by atoms with Crippen molar-refractivity contribution in [1.29, 1.82) is 0 Å². The van der Waals surface area contributed by atoms with Crippen molar-refractivity contribution >= 4 is 40.1 Å².